The second kappa shape index (κ2) is 7.46. The molecule has 8 heteroatoms. The van der Waals surface area contributed by atoms with Gasteiger partial charge in [0.15, 0.2) is 5.69 Å². The van der Waals surface area contributed by atoms with Crippen LogP contribution in [0.1, 0.15) is 31.3 Å². The van der Waals surface area contributed by atoms with Crippen molar-refractivity contribution >= 4 is 12.0 Å². The molecule has 8 nitrogen and oxygen atoms in total. The molecule has 1 aromatic heterocycles. The third-order valence-corrected chi connectivity index (χ3v) is 2.63. The molecule has 20 heavy (non-hydrogen) atoms. The lowest BCUT2D eigenvalue weighted by atomic mass is 10.2. The van der Waals surface area contributed by atoms with Crippen LogP contribution in [-0.2, 0) is 6.54 Å². The van der Waals surface area contributed by atoms with Crippen LogP contribution in [0, 0.1) is 5.92 Å². The quantitative estimate of drug-likeness (QED) is 0.765. The lowest BCUT2D eigenvalue weighted by Crippen LogP contribution is -2.42. The normalized spacial score (nSPS) is 10.6. The molecule has 2 N–H and O–H groups in total. The van der Waals surface area contributed by atoms with Gasteiger partial charge in [0.2, 0.25) is 0 Å². The highest BCUT2D eigenvalue weighted by atomic mass is 16.4. The molecule has 0 aliphatic rings. The smallest absolute Gasteiger partial charge is 0.358 e. The van der Waals surface area contributed by atoms with Crippen LogP contribution in [-0.4, -0.2) is 56.6 Å². The molecule has 2 amide bonds. The van der Waals surface area contributed by atoms with Crippen LogP contribution in [0.3, 0.4) is 0 Å². The fraction of sp³-hybridized carbons (Fsp3) is 0.667. The number of amides is 2. The molecular weight excluding hydrogens is 262 g/mol. The summed E-state index contributed by atoms with van der Waals surface area (Å²) in [5, 5.41) is 18.6. The fourth-order valence-electron chi connectivity index (χ4n) is 1.69. The van der Waals surface area contributed by atoms with Gasteiger partial charge >= 0.3 is 12.0 Å². The first-order valence-corrected chi connectivity index (χ1v) is 6.60. The van der Waals surface area contributed by atoms with Crippen LogP contribution in [0.5, 0.6) is 0 Å². The van der Waals surface area contributed by atoms with Crippen molar-refractivity contribution in [1.29, 1.82) is 0 Å². The predicted octanol–water partition coefficient (Wildman–Crippen LogP) is 0.664. The largest absolute Gasteiger partial charge is 0.476 e. The first-order chi connectivity index (χ1) is 9.43. The first-order valence-electron chi connectivity index (χ1n) is 6.60. The Morgan fingerprint density at radius 2 is 2.20 bits per heavy atom. The van der Waals surface area contributed by atoms with E-state index in [1.165, 1.54) is 10.9 Å². The van der Waals surface area contributed by atoms with E-state index in [0.29, 0.717) is 32.1 Å². The number of nitrogens with zero attached hydrogens (tertiary/aromatic N) is 4. The zero-order valence-electron chi connectivity index (χ0n) is 12.0. The Morgan fingerprint density at radius 1 is 1.50 bits per heavy atom. The minimum Gasteiger partial charge on any atom is -0.476 e. The van der Waals surface area contributed by atoms with Crippen LogP contribution < -0.4 is 5.32 Å². The number of aromatic nitrogens is 3. The Kier molecular flexibility index (Phi) is 5.95. The van der Waals surface area contributed by atoms with Crippen LogP contribution in [0.2, 0.25) is 0 Å². The van der Waals surface area contributed by atoms with E-state index in [9.17, 15) is 9.59 Å². The van der Waals surface area contributed by atoms with Gasteiger partial charge in [-0.15, -0.1) is 5.10 Å². The van der Waals surface area contributed by atoms with Crippen molar-refractivity contribution < 1.29 is 14.7 Å². The molecule has 112 valence electrons. The monoisotopic (exact) mass is 283 g/mol. The minimum atomic E-state index is -1.12. The Hall–Kier alpha value is -2.12. The summed E-state index contributed by atoms with van der Waals surface area (Å²) >= 11 is 0. The number of nitrogens with one attached hydrogen (secondary N) is 1. The van der Waals surface area contributed by atoms with Gasteiger partial charge in [0.05, 0.1) is 12.7 Å². The summed E-state index contributed by atoms with van der Waals surface area (Å²) in [4.78, 5) is 24.3. The molecule has 0 aliphatic heterocycles. The third-order valence-electron chi connectivity index (χ3n) is 2.63. The second-order valence-corrected chi connectivity index (χ2v) is 4.84. The van der Waals surface area contributed by atoms with Crippen molar-refractivity contribution in [2.45, 2.75) is 27.3 Å². The fourth-order valence-corrected chi connectivity index (χ4v) is 1.69. The number of carboxylic acids is 1. The molecule has 0 atom stereocenters. The average Bonchev–Trinajstić information content (AvgIpc) is 2.84. The van der Waals surface area contributed by atoms with Gasteiger partial charge in [0, 0.05) is 19.6 Å². The number of aromatic carboxylic acids is 1. The predicted molar refractivity (Wildman–Crippen MR) is 72.5 cm³/mol. The van der Waals surface area contributed by atoms with E-state index in [-0.39, 0.29) is 11.7 Å². The molecule has 1 aromatic rings. The van der Waals surface area contributed by atoms with Gasteiger partial charge in [0.25, 0.3) is 0 Å². The highest BCUT2D eigenvalue weighted by Crippen LogP contribution is 1.98. The van der Waals surface area contributed by atoms with Gasteiger partial charge in [-0.2, -0.15) is 0 Å². The maximum Gasteiger partial charge on any atom is 0.358 e. The molecule has 0 bridgehead atoms. The number of hydrogen-bond acceptors (Lipinski definition) is 4. The summed E-state index contributed by atoms with van der Waals surface area (Å²) in [6.45, 7) is 8.14. The Morgan fingerprint density at radius 3 is 2.70 bits per heavy atom. The topological polar surface area (TPSA) is 100 Å². The van der Waals surface area contributed by atoms with E-state index in [0.717, 1.165) is 0 Å². The lowest BCUT2D eigenvalue weighted by molar-refractivity contribution is 0.0690. The number of carboxylic acid groups (broad SMARTS) is 1. The van der Waals surface area contributed by atoms with Gasteiger partial charge in [-0.25, -0.2) is 14.3 Å². The minimum absolute atomic E-state index is 0.105. The highest BCUT2D eigenvalue weighted by molar-refractivity contribution is 5.84. The van der Waals surface area contributed by atoms with Crippen molar-refractivity contribution in [3.63, 3.8) is 0 Å². The maximum absolute atomic E-state index is 11.9. The van der Waals surface area contributed by atoms with Crippen LogP contribution >= 0.6 is 0 Å². The van der Waals surface area contributed by atoms with E-state index < -0.39 is 5.97 Å². The average molecular weight is 283 g/mol. The molecule has 1 heterocycles. The summed E-state index contributed by atoms with van der Waals surface area (Å²) < 4.78 is 1.39. The van der Waals surface area contributed by atoms with Crippen molar-refractivity contribution in [1.82, 2.24) is 25.2 Å². The highest BCUT2D eigenvalue weighted by Gasteiger charge is 2.12. The summed E-state index contributed by atoms with van der Waals surface area (Å²) in [5.41, 5.74) is -0.105. The van der Waals surface area contributed by atoms with Crippen molar-refractivity contribution in [3.8, 4) is 0 Å². The van der Waals surface area contributed by atoms with Gasteiger partial charge < -0.3 is 15.3 Å². The molecule has 0 saturated carbocycles. The molecule has 1 rings (SSSR count). The Balaban J connectivity index is 2.38. The maximum atomic E-state index is 11.9. The molecule has 0 spiro atoms. The van der Waals surface area contributed by atoms with Gasteiger partial charge in [-0.05, 0) is 12.8 Å². The number of carbonyl (C=O) groups excluding carboxylic acids is 1. The number of rotatable bonds is 7. The van der Waals surface area contributed by atoms with Crippen LogP contribution in [0.15, 0.2) is 6.20 Å². The van der Waals surface area contributed by atoms with Gasteiger partial charge in [0.1, 0.15) is 0 Å². The zero-order valence-corrected chi connectivity index (χ0v) is 12.0. The Labute approximate surface area is 117 Å². The zero-order chi connectivity index (χ0) is 15.1. The number of urea groups is 1. The molecule has 0 saturated heterocycles. The molecular formula is C12H21N5O3. The second-order valence-electron chi connectivity index (χ2n) is 4.84. The lowest BCUT2D eigenvalue weighted by Gasteiger charge is -2.23. The third kappa shape index (κ3) is 4.87. The summed E-state index contributed by atoms with van der Waals surface area (Å²) in [6.07, 6.45) is 1.33. The van der Waals surface area contributed by atoms with Crippen molar-refractivity contribution in [2.24, 2.45) is 5.92 Å². The van der Waals surface area contributed by atoms with E-state index in [2.05, 4.69) is 29.5 Å². The van der Waals surface area contributed by atoms with Crippen LogP contribution in [0.25, 0.3) is 0 Å². The standard InChI is InChI=1S/C12H21N5O3/c1-4-16(7-9(2)3)12(20)13-5-6-17-8-10(11(18)19)14-15-17/h8-9H,4-7H2,1-3H3,(H,13,20)(H,18,19). The molecule has 0 unspecified atom stereocenters. The number of hydrogen-bond donors (Lipinski definition) is 2. The van der Waals surface area contributed by atoms with E-state index in [1.54, 1.807) is 4.90 Å². The molecule has 0 fully saturated rings. The first kappa shape index (κ1) is 15.9. The summed E-state index contributed by atoms with van der Waals surface area (Å²) in [5.74, 6) is -0.705. The molecule has 0 radical (unpaired) electrons. The molecule has 0 aliphatic carbocycles. The Bertz CT molecular complexity index is 458. The van der Waals surface area contributed by atoms with Crippen molar-refractivity contribution in [3.05, 3.63) is 11.9 Å². The van der Waals surface area contributed by atoms with E-state index in [4.69, 9.17) is 5.11 Å². The number of carbonyl (C=O) groups is 2. The summed E-state index contributed by atoms with van der Waals surface area (Å²) in [7, 11) is 0. The van der Waals surface area contributed by atoms with Gasteiger partial charge in [-0.1, -0.05) is 19.1 Å². The van der Waals surface area contributed by atoms with Gasteiger partial charge in [-0.3, -0.25) is 0 Å². The molecule has 0 aromatic carbocycles. The van der Waals surface area contributed by atoms with Crippen molar-refractivity contribution in [2.75, 3.05) is 19.6 Å². The van der Waals surface area contributed by atoms with E-state index >= 15 is 0 Å². The van der Waals surface area contributed by atoms with Crippen LogP contribution in [0.4, 0.5) is 4.79 Å². The summed E-state index contributed by atoms with van der Waals surface area (Å²) in [6, 6.07) is -0.125. The van der Waals surface area contributed by atoms with E-state index in [1.807, 2.05) is 6.92 Å². The SMILES string of the molecule is CCN(CC(C)C)C(=O)NCCn1cc(C(=O)O)nn1.